The lowest BCUT2D eigenvalue weighted by Crippen LogP contribution is -2.02. The summed E-state index contributed by atoms with van der Waals surface area (Å²) in [4.78, 5) is 14.3. The Labute approximate surface area is 88.2 Å². The fourth-order valence-electron chi connectivity index (χ4n) is 0.961. The molecule has 0 fully saturated rings. The summed E-state index contributed by atoms with van der Waals surface area (Å²) < 4.78 is 5.34. The van der Waals surface area contributed by atoms with Crippen LogP contribution in [-0.4, -0.2) is 22.7 Å². The minimum absolute atomic E-state index is 0.0113. The number of carbonyl (C=O) groups is 1. The van der Waals surface area contributed by atoms with Gasteiger partial charge in [-0.05, 0) is 13.0 Å². The van der Waals surface area contributed by atoms with Crippen molar-refractivity contribution in [3.8, 4) is 5.75 Å². The van der Waals surface area contributed by atoms with E-state index in [4.69, 9.17) is 9.84 Å². The normalized spacial score (nSPS) is 9.67. The standard InChI is InChI=1S/C11H13NO3/c1-8(2)4-6-15-9-3-5-12-10(7-9)11(13)14/h3,5,7H,1,4,6H2,2H3,(H,13,14). The van der Waals surface area contributed by atoms with Crippen molar-refractivity contribution >= 4 is 5.97 Å². The Morgan fingerprint density at radius 1 is 1.67 bits per heavy atom. The molecule has 0 bridgehead atoms. The summed E-state index contributed by atoms with van der Waals surface area (Å²) >= 11 is 0. The Morgan fingerprint density at radius 2 is 2.40 bits per heavy atom. The number of ether oxygens (including phenoxy) is 1. The van der Waals surface area contributed by atoms with Crippen LogP contribution in [0.3, 0.4) is 0 Å². The van der Waals surface area contributed by atoms with Crippen molar-refractivity contribution in [2.24, 2.45) is 0 Å². The van der Waals surface area contributed by atoms with E-state index in [-0.39, 0.29) is 5.69 Å². The fourth-order valence-corrected chi connectivity index (χ4v) is 0.961. The van der Waals surface area contributed by atoms with Crippen molar-refractivity contribution in [1.82, 2.24) is 4.98 Å². The van der Waals surface area contributed by atoms with Gasteiger partial charge in [-0.15, -0.1) is 6.58 Å². The molecule has 0 saturated heterocycles. The van der Waals surface area contributed by atoms with E-state index in [0.29, 0.717) is 12.4 Å². The van der Waals surface area contributed by atoms with Gasteiger partial charge in [-0.2, -0.15) is 0 Å². The Kier molecular flexibility index (Phi) is 3.85. The molecular weight excluding hydrogens is 194 g/mol. The molecule has 0 aromatic carbocycles. The highest BCUT2D eigenvalue weighted by atomic mass is 16.5. The van der Waals surface area contributed by atoms with E-state index in [1.54, 1.807) is 6.07 Å². The van der Waals surface area contributed by atoms with Gasteiger partial charge < -0.3 is 9.84 Å². The predicted octanol–water partition coefficient (Wildman–Crippen LogP) is 2.12. The largest absolute Gasteiger partial charge is 0.493 e. The second-order valence-corrected chi connectivity index (χ2v) is 3.24. The summed E-state index contributed by atoms with van der Waals surface area (Å²) in [5, 5.41) is 8.69. The molecule has 80 valence electrons. The van der Waals surface area contributed by atoms with Crippen LogP contribution in [0.1, 0.15) is 23.8 Å². The molecule has 0 aliphatic carbocycles. The number of pyridine rings is 1. The zero-order valence-corrected chi connectivity index (χ0v) is 8.56. The number of hydrogen-bond acceptors (Lipinski definition) is 3. The zero-order chi connectivity index (χ0) is 11.3. The maximum atomic E-state index is 10.6. The molecule has 4 heteroatoms. The van der Waals surface area contributed by atoms with Gasteiger partial charge in [0, 0.05) is 18.7 Å². The van der Waals surface area contributed by atoms with Gasteiger partial charge in [0.1, 0.15) is 5.75 Å². The second-order valence-electron chi connectivity index (χ2n) is 3.24. The Morgan fingerprint density at radius 3 is 3.00 bits per heavy atom. The zero-order valence-electron chi connectivity index (χ0n) is 8.56. The third-order valence-corrected chi connectivity index (χ3v) is 1.75. The molecular formula is C11H13NO3. The summed E-state index contributed by atoms with van der Waals surface area (Å²) in [5.74, 6) is -0.538. The number of hydrogen-bond donors (Lipinski definition) is 1. The van der Waals surface area contributed by atoms with Crippen molar-refractivity contribution < 1.29 is 14.6 Å². The first kappa shape index (κ1) is 11.2. The van der Waals surface area contributed by atoms with Gasteiger partial charge in [0.25, 0.3) is 0 Å². The molecule has 15 heavy (non-hydrogen) atoms. The van der Waals surface area contributed by atoms with E-state index in [2.05, 4.69) is 11.6 Å². The van der Waals surface area contributed by atoms with Gasteiger partial charge in [0.05, 0.1) is 6.61 Å². The van der Waals surface area contributed by atoms with Gasteiger partial charge in [-0.1, -0.05) is 5.57 Å². The van der Waals surface area contributed by atoms with Crippen LogP contribution in [-0.2, 0) is 0 Å². The minimum Gasteiger partial charge on any atom is -0.493 e. The molecule has 0 spiro atoms. The summed E-state index contributed by atoms with van der Waals surface area (Å²) in [6, 6.07) is 3.03. The predicted molar refractivity (Wildman–Crippen MR) is 56.1 cm³/mol. The van der Waals surface area contributed by atoms with Gasteiger partial charge in [-0.25, -0.2) is 9.78 Å². The van der Waals surface area contributed by atoms with E-state index < -0.39 is 5.97 Å². The van der Waals surface area contributed by atoms with Crippen LogP contribution < -0.4 is 4.74 Å². The Hall–Kier alpha value is -1.84. The third-order valence-electron chi connectivity index (χ3n) is 1.75. The second kappa shape index (κ2) is 5.14. The molecule has 1 aromatic heterocycles. The van der Waals surface area contributed by atoms with Crippen molar-refractivity contribution in [1.29, 1.82) is 0 Å². The van der Waals surface area contributed by atoms with E-state index in [9.17, 15) is 4.79 Å². The molecule has 1 N–H and O–H groups in total. The molecule has 0 aliphatic rings. The fraction of sp³-hybridized carbons (Fsp3) is 0.273. The van der Waals surface area contributed by atoms with Crippen LogP contribution in [0.4, 0.5) is 0 Å². The molecule has 0 amide bonds. The first-order valence-electron chi connectivity index (χ1n) is 4.56. The van der Waals surface area contributed by atoms with E-state index >= 15 is 0 Å². The topological polar surface area (TPSA) is 59.4 Å². The smallest absolute Gasteiger partial charge is 0.354 e. The van der Waals surface area contributed by atoms with Gasteiger partial charge >= 0.3 is 5.97 Å². The maximum absolute atomic E-state index is 10.6. The molecule has 1 heterocycles. The third kappa shape index (κ3) is 3.81. The summed E-state index contributed by atoms with van der Waals surface area (Å²) in [6.45, 7) is 6.16. The molecule has 1 rings (SSSR count). The van der Waals surface area contributed by atoms with E-state index in [0.717, 1.165) is 12.0 Å². The number of carboxylic acid groups (broad SMARTS) is 1. The van der Waals surface area contributed by atoms with Gasteiger partial charge in [0.15, 0.2) is 5.69 Å². The average Bonchev–Trinajstić information content (AvgIpc) is 2.17. The first-order chi connectivity index (χ1) is 7.09. The molecule has 4 nitrogen and oxygen atoms in total. The number of rotatable bonds is 5. The average molecular weight is 207 g/mol. The van der Waals surface area contributed by atoms with Crippen molar-refractivity contribution in [3.05, 3.63) is 36.2 Å². The van der Waals surface area contributed by atoms with Gasteiger partial charge in [-0.3, -0.25) is 0 Å². The number of aromatic carboxylic acids is 1. The van der Waals surface area contributed by atoms with Crippen LogP contribution in [0.15, 0.2) is 30.5 Å². The van der Waals surface area contributed by atoms with E-state index in [1.165, 1.54) is 12.3 Å². The van der Waals surface area contributed by atoms with Gasteiger partial charge in [0.2, 0.25) is 0 Å². The minimum atomic E-state index is -1.06. The van der Waals surface area contributed by atoms with Crippen LogP contribution in [0.5, 0.6) is 5.75 Å². The number of nitrogens with zero attached hydrogens (tertiary/aromatic N) is 1. The number of carboxylic acids is 1. The molecule has 1 aromatic rings. The van der Waals surface area contributed by atoms with Crippen LogP contribution >= 0.6 is 0 Å². The quantitative estimate of drug-likeness (QED) is 0.751. The highest BCUT2D eigenvalue weighted by molar-refractivity contribution is 5.85. The first-order valence-corrected chi connectivity index (χ1v) is 4.56. The Bertz CT molecular complexity index is 374. The summed E-state index contributed by atoms with van der Waals surface area (Å²) in [7, 11) is 0. The maximum Gasteiger partial charge on any atom is 0.354 e. The summed E-state index contributed by atoms with van der Waals surface area (Å²) in [5.41, 5.74) is 1.02. The van der Waals surface area contributed by atoms with Crippen molar-refractivity contribution in [3.63, 3.8) is 0 Å². The monoisotopic (exact) mass is 207 g/mol. The molecule has 0 atom stereocenters. The van der Waals surface area contributed by atoms with Crippen LogP contribution in [0.25, 0.3) is 0 Å². The summed E-state index contributed by atoms with van der Waals surface area (Å²) in [6.07, 6.45) is 2.17. The Balaban J connectivity index is 2.58. The van der Waals surface area contributed by atoms with Crippen molar-refractivity contribution in [2.75, 3.05) is 6.61 Å². The van der Waals surface area contributed by atoms with Crippen molar-refractivity contribution in [2.45, 2.75) is 13.3 Å². The van der Waals surface area contributed by atoms with E-state index in [1.807, 2.05) is 6.92 Å². The highest BCUT2D eigenvalue weighted by Crippen LogP contribution is 2.11. The highest BCUT2D eigenvalue weighted by Gasteiger charge is 2.05. The van der Waals surface area contributed by atoms with Crippen LogP contribution in [0, 0.1) is 0 Å². The lowest BCUT2D eigenvalue weighted by molar-refractivity contribution is 0.0690. The number of aromatic nitrogens is 1. The van der Waals surface area contributed by atoms with Crippen LogP contribution in [0.2, 0.25) is 0 Å². The molecule has 0 radical (unpaired) electrons. The lowest BCUT2D eigenvalue weighted by Gasteiger charge is -2.05. The SMILES string of the molecule is C=C(C)CCOc1ccnc(C(=O)O)c1. The molecule has 0 saturated carbocycles. The molecule has 0 unspecified atom stereocenters. The lowest BCUT2D eigenvalue weighted by atomic mass is 10.2. The molecule has 0 aliphatic heterocycles.